The minimum Gasteiger partial charge on any atom is -0.487 e. The molecule has 0 spiro atoms. The zero-order valence-corrected chi connectivity index (χ0v) is 13.9. The summed E-state index contributed by atoms with van der Waals surface area (Å²) in [6.45, 7) is 3.62. The van der Waals surface area contributed by atoms with Gasteiger partial charge in [-0.15, -0.1) is 0 Å². The van der Waals surface area contributed by atoms with E-state index >= 15 is 0 Å². The van der Waals surface area contributed by atoms with Crippen molar-refractivity contribution in [2.45, 2.75) is 13.0 Å². The number of aromatic nitrogens is 2. The number of ether oxygens (including phenoxy) is 1. The van der Waals surface area contributed by atoms with Crippen molar-refractivity contribution in [1.29, 1.82) is 0 Å². The Morgan fingerprint density at radius 1 is 1.38 bits per heavy atom. The lowest BCUT2D eigenvalue weighted by Crippen LogP contribution is -2.54. The number of aryl methyl sites for hydroxylation is 1. The van der Waals surface area contributed by atoms with Gasteiger partial charge in [0, 0.05) is 12.3 Å². The van der Waals surface area contributed by atoms with Gasteiger partial charge in [-0.25, -0.2) is 4.98 Å². The van der Waals surface area contributed by atoms with E-state index < -0.39 is 5.91 Å². The van der Waals surface area contributed by atoms with Crippen molar-refractivity contribution in [3.05, 3.63) is 47.8 Å². The molecule has 7 heteroatoms. The highest BCUT2D eigenvalue weighted by Gasteiger charge is 2.31. The van der Waals surface area contributed by atoms with Crippen molar-refractivity contribution < 1.29 is 9.53 Å². The molecule has 0 saturated carbocycles. The number of nitrogens with two attached hydrogens (primary N) is 1. The molecule has 122 valence electrons. The Kier molecular flexibility index (Phi) is 3.57. The fourth-order valence-electron chi connectivity index (χ4n) is 2.69. The van der Waals surface area contributed by atoms with E-state index in [1.54, 1.807) is 23.5 Å². The zero-order chi connectivity index (χ0) is 16.7. The molecule has 3 aromatic rings. The minimum absolute atomic E-state index is 0.0706. The molecule has 1 aliphatic rings. The Balaban J connectivity index is 1.43. The predicted molar refractivity (Wildman–Crippen MR) is 93.7 cm³/mol. The van der Waals surface area contributed by atoms with Crippen LogP contribution in [-0.4, -0.2) is 35.1 Å². The fourth-order valence-corrected chi connectivity index (χ4v) is 3.75. The number of fused-ring (bicyclic) bond motifs is 1. The Labute approximate surface area is 142 Å². The first kappa shape index (κ1) is 14.9. The number of amides is 1. The number of carbonyl (C=O) groups is 1. The molecule has 6 nitrogen and oxygen atoms in total. The lowest BCUT2D eigenvalue weighted by atomic mass is 10.2. The molecule has 0 radical (unpaired) electrons. The summed E-state index contributed by atoms with van der Waals surface area (Å²) in [5, 5.41) is 1.02. The first-order valence-corrected chi connectivity index (χ1v) is 8.45. The van der Waals surface area contributed by atoms with Crippen molar-refractivity contribution in [3.63, 3.8) is 0 Å². The highest BCUT2D eigenvalue weighted by atomic mass is 32.1. The number of hydrogen-bond acceptors (Lipinski definition) is 6. The maximum atomic E-state index is 11.2. The maximum Gasteiger partial charge on any atom is 0.267 e. The van der Waals surface area contributed by atoms with Crippen LogP contribution in [0.3, 0.4) is 0 Å². The van der Waals surface area contributed by atoms with Crippen LogP contribution in [-0.2, 0) is 0 Å². The van der Waals surface area contributed by atoms with Gasteiger partial charge in [0.15, 0.2) is 5.13 Å². The molecule has 24 heavy (non-hydrogen) atoms. The van der Waals surface area contributed by atoms with E-state index in [0.717, 1.165) is 23.7 Å². The Hall–Kier alpha value is -2.67. The molecule has 0 aliphatic carbocycles. The molecule has 1 aromatic carbocycles. The average Bonchev–Trinajstić information content (AvgIpc) is 2.95. The topological polar surface area (TPSA) is 81.3 Å². The predicted octanol–water partition coefficient (Wildman–Crippen LogP) is 2.37. The van der Waals surface area contributed by atoms with Gasteiger partial charge in [-0.2, -0.15) is 0 Å². The fraction of sp³-hybridized carbons (Fsp3) is 0.235. The minimum atomic E-state index is -0.555. The first-order chi connectivity index (χ1) is 11.6. The quantitative estimate of drug-likeness (QED) is 0.788. The lowest BCUT2D eigenvalue weighted by Gasteiger charge is -2.38. The van der Waals surface area contributed by atoms with Crippen LogP contribution in [0.15, 0.2) is 36.5 Å². The second kappa shape index (κ2) is 5.76. The smallest absolute Gasteiger partial charge is 0.267 e. The molecule has 0 atom stereocenters. The molecule has 1 amide bonds. The molecule has 1 aliphatic heterocycles. The van der Waals surface area contributed by atoms with Crippen molar-refractivity contribution in [2.24, 2.45) is 5.73 Å². The summed E-state index contributed by atoms with van der Waals surface area (Å²) in [6.07, 6.45) is 1.60. The summed E-state index contributed by atoms with van der Waals surface area (Å²) in [6, 6.07) is 9.54. The van der Waals surface area contributed by atoms with Gasteiger partial charge in [0.05, 0.1) is 23.3 Å². The molecule has 3 heterocycles. The SMILES string of the molecule is Cc1cccc2sc(N3CC(Oc4ccnc(C(N)=O)c4)C3)nc12. The average molecular weight is 340 g/mol. The molecular formula is C17H16N4O2S. The van der Waals surface area contributed by atoms with Crippen molar-refractivity contribution in [1.82, 2.24) is 9.97 Å². The van der Waals surface area contributed by atoms with Gasteiger partial charge in [0.2, 0.25) is 0 Å². The summed E-state index contributed by atoms with van der Waals surface area (Å²) in [4.78, 5) is 22.0. The standard InChI is InChI=1S/C17H16N4O2S/c1-10-3-2-4-14-15(10)20-17(24-14)21-8-12(9-21)23-11-5-6-19-13(7-11)16(18)22/h2-7,12H,8-9H2,1H3,(H2,18,22). The molecule has 4 rings (SSSR count). The van der Waals surface area contributed by atoms with Crippen LogP contribution in [0.2, 0.25) is 0 Å². The number of hydrogen-bond donors (Lipinski definition) is 1. The van der Waals surface area contributed by atoms with Gasteiger partial charge in [0.1, 0.15) is 17.5 Å². The molecule has 0 bridgehead atoms. The number of para-hydroxylation sites is 1. The maximum absolute atomic E-state index is 11.2. The van der Waals surface area contributed by atoms with E-state index in [1.165, 1.54) is 16.5 Å². The van der Waals surface area contributed by atoms with Gasteiger partial charge < -0.3 is 15.4 Å². The van der Waals surface area contributed by atoms with Gasteiger partial charge in [-0.3, -0.25) is 9.78 Å². The number of thiazole rings is 1. The van der Waals surface area contributed by atoms with Crippen molar-refractivity contribution in [2.75, 3.05) is 18.0 Å². The number of rotatable bonds is 4. The highest BCUT2D eigenvalue weighted by molar-refractivity contribution is 7.22. The lowest BCUT2D eigenvalue weighted by molar-refractivity contribution is 0.0994. The first-order valence-electron chi connectivity index (χ1n) is 7.64. The van der Waals surface area contributed by atoms with Crippen molar-refractivity contribution in [3.8, 4) is 5.75 Å². The zero-order valence-electron chi connectivity index (χ0n) is 13.1. The number of primary amides is 1. The van der Waals surface area contributed by atoms with E-state index in [9.17, 15) is 4.79 Å². The normalized spacial score (nSPS) is 14.6. The van der Waals surface area contributed by atoms with Gasteiger partial charge in [-0.05, 0) is 24.6 Å². The summed E-state index contributed by atoms with van der Waals surface area (Å²) >= 11 is 1.70. The molecule has 0 unspecified atom stereocenters. The van der Waals surface area contributed by atoms with E-state index in [-0.39, 0.29) is 11.8 Å². The van der Waals surface area contributed by atoms with Gasteiger partial charge in [-0.1, -0.05) is 23.5 Å². The Morgan fingerprint density at radius 2 is 2.21 bits per heavy atom. The third kappa shape index (κ3) is 2.67. The molecule has 2 aromatic heterocycles. The second-order valence-corrected chi connectivity index (χ2v) is 6.81. The number of pyridine rings is 1. The van der Waals surface area contributed by atoms with Crippen molar-refractivity contribution >= 4 is 32.6 Å². The highest BCUT2D eigenvalue weighted by Crippen LogP contribution is 2.33. The number of nitrogens with zero attached hydrogens (tertiary/aromatic N) is 3. The summed E-state index contributed by atoms with van der Waals surface area (Å²) < 4.78 is 7.08. The largest absolute Gasteiger partial charge is 0.487 e. The van der Waals surface area contributed by atoms with Crippen LogP contribution in [0.4, 0.5) is 5.13 Å². The third-order valence-electron chi connectivity index (χ3n) is 4.01. The monoisotopic (exact) mass is 340 g/mol. The summed E-state index contributed by atoms with van der Waals surface area (Å²) in [5.41, 5.74) is 7.71. The number of benzene rings is 1. The molecule has 2 N–H and O–H groups in total. The van der Waals surface area contributed by atoms with Crippen LogP contribution >= 0.6 is 11.3 Å². The van der Waals surface area contributed by atoms with E-state index in [1.807, 2.05) is 0 Å². The Morgan fingerprint density at radius 3 is 2.96 bits per heavy atom. The van der Waals surface area contributed by atoms with E-state index in [2.05, 4.69) is 35.0 Å². The van der Waals surface area contributed by atoms with Crippen LogP contribution in [0, 0.1) is 6.92 Å². The van der Waals surface area contributed by atoms with E-state index in [4.69, 9.17) is 15.5 Å². The Bertz CT molecular complexity index is 918. The molecular weight excluding hydrogens is 324 g/mol. The second-order valence-electron chi connectivity index (χ2n) is 5.80. The number of carbonyl (C=O) groups excluding carboxylic acids is 1. The summed E-state index contributed by atoms with van der Waals surface area (Å²) in [7, 11) is 0. The molecule has 1 fully saturated rings. The van der Waals surface area contributed by atoms with Gasteiger partial charge in [0.25, 0.3) is 5.91 Å². The summed E-state index contributed by atoms with van der Waals surface area (Å²) in [5.74, 6) is 0.0594. The molecule has 1 saturated heterocycles. The van der Waals surface area contributed by atoms with Crippen LogP contribution < -0.4 is 15.4 Å². The van der Waals surface area contributed by atoms with Crippen LogP contribution in [0.25, 0.3) is 10.2 Å². The van der Waals surface area contributed by atoms with Crippen LogP contribution in [0.1, 0.15) is 16.1 Å². The third-order valence-corrected chi connectivity index (χ3v) is 5.10. The van der Waals surface area contributed by atoms with E-state index in [0.29, 0.717) is 5.75 Å². The van der Waals surface area contributed by atoms with Gasteiger partial charge >= 0.3 is 0 Å². The number of anilines is 1. The van der Waals surface area contributed by atoms with Crippen LogP contribution in [0.5, 0.6) is 5.75 Å².